The summed E-state index contributed by atoms with van der Waals surface area (Å²) in [6.07, 6.45) is 2.65. The molecule has 1 aliphatic rings. The first-order chi connectivity index (χ1) is 8.06. The molecule has 0 saturated heterocycles. The molecule has 0 spiro atoms. The van der Waals surface area contributed by atoms with Crippen LogP contribution in [-0.2, 0) is 0 Å². The lowest BCUT2D eigenvalue weighted by atomic mass is 10.0. The van der Waals surface area contributed by atoms with Gasteiger partial charge >= 0.3 is 0 Å². The highest BCUT2D eigenvalue weighted by Gasteiger charge is 2.27. The summed E-state index contributed by atoms with van der Waals surface area (Å²) in [6, 6.07) is 3.68. The molecular weight excluding hydrogens is 220 g/mol. The summed E-state index contributed by atoms with van der Waals surface area (Å²) in [5.41, 5.74) is 0.672. The smallest absolute Gasteiger partial charge is 0.126 e. The average Bonchev–Trinajstić information content (AvgIpc) is 3.07. The number of rotatable bonds is 5. The van der Waals surface area contributed by atoms with E-state index in [2.05, 4.69) is 12.2 Å². The second-order valence-electron chi connectivity index (χ2n) is 5.15. The molecule has 0 aromatic heterocycles. The van der Waals surface area contributed by atoms with Crippen molar-refractivity contribution in [1.82, 2.24) is 5.32 Å². The number of halogens is 2. The van der Waals surface area contributed by atoms with E-state index in [0.717, 1.165) is 18.5 Å². The van der Waals surface area contributed by atoms with Crippen molar-refractivity contribution >= 4 is 0 Å². The molecule has 0 bridgehead atoms. The van der Waals surface area contributed by atoms with Crippen LogP contribution in [0.15, 0.2) is 18.2 Å². The van der Waals surface area contributed by atoms with E-state index >= 15 is 0 Å². The second kappa shape index (κ2) is 5.13. The molecule has 3 heteroatoms. The van der Waals surface area contributed by atoms with E-state index in [9.17, 15) is 8.78 Å². The Morgan fingerprint density at radius 1 is 1.18 bits per heavy atom. The zero-order valence-electron chi connectivity index (χ0n) is 10.3. The Bertz CT molecular complexity index is 368. The summed E-state index contributed by atoms with van der Waals surface area (Å²) in [4.78, 5) is 0. The first kappa shape index (κ1) is 12.5. The van der Waals surface area contributed by atoms with Gasteiger partial charge < -0.3 is 5.32 Å². The third kappa shape index (κ3) is 3.50. The quantitative estimate of drug-likeness (QED) is 0.826. The van der Waals surface area contributed by atoms with E-state index in [4.69, 9.17) is 0 Å². The largest absolute Gasteiger partial charge is 0.310 e. The molecule has 0 radical (unpaired) electrons. The molecule has 1 aromatic carbocycles. The van der Waals surface area contributed by atoms with Crippen LogP contribution in [0.1, 0.15) is 38.3 Å². The molecule has 1 N–H and O–H groups in total. The highest BCUT2D eigenvalue weighted by atomic mass is 19.1. The van der Waals surface area contributed by atoms with Gasteiger partial charge in [-0.15, -0.1) is 0 Å². The predicted octanol–water partition coefficient (Wildman–Crippen LogP) is 3.66. The van der Waals surface area contributed by atoms with E-state index in [1.165, 1.54) is 25.0 Å². The molecule has 1 fully saturated rings. The van der Waals surface area contributed by atoms with Crippen molar-refractivity contribution in [3.8, 4) is 0 Å². The third-order valence-electron chi connectivity index (χ3n) is 3.56. The SMILES string of the molecule is CC(NCC(C)C1CC1)c1cc(F)cc(F)c1. The molecule has 0 amide bonds. The van der Waals surface area contributed by atoms with Crippen molar-refractivity contribution in [1.29, 1.82) is 0 Å². The van der Waals surface area contributed by atoms with Crippen molar-refractivity contribution in [2.75, 3.05) is 6.54 Å². The van der Waals surface area contributed by atoms with Crippen LogP contribution >= 0.6 is 0 Å². The summed E-state index contributed by atoms with van der Waals surface area (Å²) >= 11 is 0. The molecule has 0 aliphatic heterocycles. The molecule has 0 heterocycles. The van der Waals surface area contributed by atoms with Gasteiger partial charge in [0.05, 0.1) is 0 Å². The number of hydrogen-bond acceptors (Lipinski definition) is 1. The van der Waals surface area contributed by atoms with Gasteiger partial charge in [0.15, 0.2) is 0 Å². The van der Waals surface area contributed by atoms with E-state index in [0.29, 0.717) is 11.5 Å². The maximum Gasteiger partial charge on any atom is 0.126 e. The molecule has 1 saturated carbocycles. The van der Waals surface area contributed by atoms with Gasteiger partial charge in [0.1, 0.15) is 11.6 Å². The molecular formula is C14H19F2N. The lowest BCUT2D eigenvalue weighted by molar-refractivity contribution is 0.430. The maximum absolute atomic E-state index is 13.1. The van der Waals surface area contributed by atoms with Gasteiger partial charge in [0, 0.05) is 12.1 Å². The number of benzene rings is 1. The second-order valence-corrected chi connectivity index (χ2v) is 5.15. The molecule has 94 valence electrons. The van der Waals surface area contributed by atoms with Crippen molar-refractivity contribution in [2.45, 2.75) is 32.7 Å². The van der Waals surface area contributed by atoms with Crippen LogP contribution in [0.2, 0.25) is 0 Å². The summed E-state index contributed by atoms with van der Waals surface area (Å²) in [7, 11) is 0. The van der Waals surface area contributed by atoms with E-state index in [-0.39, 0.29) is 6.04 Å². The fourth-order valence-corrected chi connectivity index (χ4v) is 2.14. The summed E-state index contributed by atoms with van der Waals surface area (Å²) in [6.45, 7) is 5.07. The fraction of sp³-hybridized carbons (Fsp3) is 0.571. The van der Waals surface area contributed by atoms with Crippen molar-refractivity contribution in [3.63, 3.8) is 0 Å². The van der Waals surface area contributed by atoms with Crippen molar-refractivity contribution < 1.29 is 8.78 Å². The topological polar surface area (TPSA) is 12.0 Å². The van der Waals surface area contributed by atoms with Crippen molar-refractivity contribution in [2.24, 2.45) is 11.8 Å². The van der Waals surface area contributed by atoms with Crippen LogP contribution in [0.4, 0.5) is 8.78 Å². The minimum Gasteiger partial charge on any atom is -0.310 e. The van der Waals surface area contributed by atoms with E-state index < -0.39 is 11.6 Å². The molecule has 2 unspecified atom stereocenters. The van der Waals surface area contributed by atoms with Gasteiger partial charge in [-0.1, -0.05) is 6.92 Å². The first-order valence-electron chi connectivity index (χ1n) is 6.25. The van der Waals surface area contributed by atoms with Crippen LogP contribution in [-0.4, -0.2) is 6.54 Å². The summed E-state index contributed by atoms with van der Waals surface area (Å²) < 4.78 is 26.1. The maximum atomic E-state index is 13.1. The normalized spacial score (nSPS) is 19.1. The van der Waals surface area contributed by atoms with E-state index in [1.54, 1.807) is 0 Å². The van der Waals surface area contributed by atoms with Crippen LogP contribution in [0, 0.1) is 23.5 Å². The Morgan fingerprint density at radius 3 is 2.29 bits per heavy atom. The minimum atomic E-state index is -0.510. The van der Waals surface area contributed by atoms with Gasteiger partial charge in [-0.3, -0.25) is 0 Å². The van der Waals surface area contributed by atoms with Gasteiger partial charge in [-0.05, 0) is 55.8 Å². The molecule has 2 rings (SSSR count). The zero-order valence-corrected chi connectivity index (χ0v) is 10.3. The zero-order chi connectivity index (χ0) is 12.4. The van der Waals surface area contributed by atoms with Gasteiger partial charge in [-0.2, -0.15) is 0 Å². The fourth-order valence-electron chi connectivity index (χ4n) is 2.14. The standard InChI is InChI=1S/C14H19F2N/c1-9(11-3-4-11)8-17-10(2)12-5-13(15)7-14(16)6-12/h5-7,9-11,17H,3-4,8H2,1-2H3. The Hall–Kier alpha value is -0.960. The van der Waals surface area contributed by atoms with Crippen LogP contribution in [0.25, 0.3) is 0 Å². The minimum absolute atomic E-state index is 0.0126. The monoisotopic (exact) mass is 239 g/mol. The summed E-state index contributed by atoms with van der Waals surface area (Å²) in [5, 5.41) is 3.34. The molecule has 1 aromatic rings. The Kier molecular flexibility index (Phi) is 3.77. The van der Waals surface area contributed by atoms with Gasteiger partial charge in [0.2, 0.25) is 0 Å². The van der Waals surface area contributed by atoms with Gasteiger partial charge in [-0.25, -0.2) is 8.78 Å². The average molecular weight is 239 g/mol. The first-order valence-corrected chi connectivity index (χ1v) is 6.25. The van der Waals surface area contributed by atoms with Crippen molar-refractivity contribution in [3.05, 3.63) is 35.4 Å². The van der Waals surface area contributed by atoms with Crippen LogP contribution in [0.3, 0.4) is 0 Å². The summed E-state index contributed by atoms with van der Waals surface area (Å²) in [5.74, 6) is 0.475. The van der Waals surface area contributed by atoms with E-state index in [1.807, 2.05) is 6.92 Å². The lowest BCUT2D eigenvalue weighted by Gasteiger charge is -2.18. The Labute approximate surface area is 101 Å². The van der Waals surface area contributed by atoms with Gasteiger partial charge in [0.25, 0.3) is 0 Å². The highest BCUT2D eigenvalue weighted by molar-refractivity contribution is 5.20. The molecule has 1 nitrogen and oxygen atoms in total. The molecule has 17 heavy (non-hydrogen) atoms. The number of hydrogen-bond donors (Lipinski definition) is 1. The third-order valence-corrected chi connectivity index (χ3v) is 3.56. The Morgan fingerprint density at radius 2 is 1.76 bits per heavy atom. The highest BCUT2D eigenvalue weighted by Crippen LogP contribution is 2.36. The predicted molar refractivity (Wildman–Crippen MR) is 64.7 cm³/mol. The Balaban J connectivity index is 1.91. The molecule has 1 aliphatic carbocycles. The van der Waals surface area contributed by atoms with Crippen LogP contribution in [0.5, 0.6) is 0 Å². The lowest BCUT2D eigenvalue weighted by Crippen LogP contribution is -2.25. The van der Waals surface area contributed by atoms with Crippen LogP contribution < -0.4 is 5.32 Å². The molecule has 2 atom stereocenters. The number of nitrogens with one attached hydrogen (secondary N) is 1.